The first kappa shape index (κ1) is 13.5. The Balaban J connectivity index is 2.18. The van der Waals surface area contributed by atoms with Gasteiger partial charge in [-0.05, 0) is 30.3 Å². The number of benzene rings is 2. The minimum atomic E-state index is -0.493. The Bertz CT molecular complexity index is 836. The number of nitro groups is 1. The van der Waals surface area contributed by atoms with Gasteiger partial charge < -0.3 is 4.74 Å². The summed E-state index contributed by atoms with van der Waals surface area (Å²) in [5.74, 6) is 0.715. The quantitative estimate of drug-likeness (QED) is 0.510. The van der Waals surface area contributed by atoms with Gasteiger partial charge in [0.1, 0.15) is 11.9 Å². The zero-order valence-corrected chi connectivity index (χ0v) is 12.3. The molecule has 0 atom stereocenters. The van der Waals surface area contributed by atoms with Gasteiger partial charge in [-0.3, -0.25) is 10.1 Å². The van der Waals surface area contributed by atoms with Gasteiger partial charge in [-0.2, -0.15) is 0 Å². The van der Waals surface area contributed by atoms with Gasteiger partial charge in [0.2, 0.25) is 5.75 Å². The van der Waals surface area contributed by atoms with E-state index in [-0.39, 0.29) is 11.4 Å². The van der Waals surface area contributed by atoms with E-state index in [2.05, 4.69) is 20.9 Å². The number of para-hydroxylation sites is 1. The fraction of sp³-hybridized carbons (Fsp3) is 0. The van der Waals surface area contributed by atoms with Gasteiger partial charge in [0.05, 0.1) is 15.8 Å². The second kappa shape index (κ2) is 5.49. The third kappa shape index (κ3) is 2.71. The van der Waals surface area contributed by atoms with E-state index in [1.807, 2.05) is 12.1 Å². The molecule has 0 unspecified atom stereocenters. The lowest BCUT2D eigenvalue weighted by Crippen LogP contribution is -1.96. The molecule has 0 amide bonds. The summed E-state index contributed by atoms with van der Waals surface area (Å²) in [4.78, 5) is 14.8. The minimum absolute atomic E-state index is 0.159. The van der Waals surface area contributed by atoms with E-state index in [1.54, 1.807) is 36.4 Å². The lowest BCUT2D eigenvalue weighted by atomic mass is 10.2. The first-order valence-electron chi connectivity index (χ1n) is 6.11. The highest BCUT2D eigenvalue weighted by Gasteiger charge is 2.20. The molecule has 0 saturated heterocycles. The van der Waals surface area contributed by atoms with Crippen molar-refractivity contribution in [1.29, 1.82) is 0 Å². The Hall–Kier alpha value is -2.47. The summed E-state index contributed by atoms with van der Waals surface area (Å²) in [6.07, 6.45) is 1.22. The summed E-state index contributed by atoms with van der Waals surface area (Å²) < 4.78 is 6.59. The van der Waals surface area contributed by atoms with Crippen molar-refractivity contribution in [1.82, 2.24) is 4.98 Å². The van der Waals surface area contributed by atoms with E-state index in [4.69, 9.17) is 4.74 Å². The number of hydrogen-bond donors (Lipinski definition) is 0. The van der Waals surface area contributed by atoms with Crippen LogP contribution in [0.25, 0.3) is 10.9 Å². The van der Waals surface area contributed by atoms with E-state index in [0.29, 0.717) is 16.7 Å². The van der Waals surface area contributed by atoms with E-state index < -0.39 is 4.92 Å². The standard InChI is InChI=1S/C15H9BrN2O3/c16-10-4-3-5-11(8-10)21-15-12-6-1-2-7-13(12)17-9-14(15)18(19)20/h1-9H. The van der Waals surface area contributed by atoms with Crippen molar-refractivity contribution in [3.63, 3.8) is 0 Å². The minimum Gasteiger partial charge on any atom is -0.449 e. The number of fused-ring (bicyclic) bond motifs is 1. The van der Waals surface area contributed by atoms with Crippen molar-refractivity contribution >= 4 is 32.5 Å². The van der Waals surface area contributed by atoms with Gasteiger partial charge in [0.25, 0.3) is 0 Å². The molecule has 3 aromatic rings. The molecule has 5 nitrogen and oxygen atoms in total. The van der Waals surface area contributed by atoms with E-state index in [9.17, 15) is 10.1 Å². The largest absolute Gasteiger partial charge is 0.449 e. The first-order valence-corrected chi connectivity index (χ1v) is 6.90. The van der Waals surface area contributed by atoms with Crippen LogP contribution in [0.1, 0.15) is 0 Å². The highest BCUT2D eigenvalue weighted by molar-refractivity contribution is 9.10. The van der Waals surface area contributed by atoms with Gasteiger partial charge in [-0.1, -0.05) is 34.1 Å². The van der Waals surface area contributed by atoms with Crippen LogP contribution in [0.5, 0.6) is 11.5 Å². The van der Waals surface area contributed by atoms with Gasteiger partial charge in [-0.25, -0.2) is 4.98 Å². The van der Waals surface area contributed by atoms with Crippen LogP contribution in [-0.2, 0) is 0 Å². The summed E-state index contributed by atoms with van der Waals surface area (Å²) in [6, 6.07) is 14.3. The summed E-state index contributed by atoms with van der Waals surface area (Å²) in [5.41, 5.74) is 0.488. The second-order valence-electron chi connectivity index (χ2n) is 4.31. The SMILES string of the molecule is O=[N+]([O-])c1cnc2ccccc2c1Oc1cccc(Br)c1. The van der Waals surface area contributed by atoms with Gasteiger partial charge >= 0.3 is 5.69 Å². The third-order valence-electron chi connectivity index (χ3n) is 2.92. The molecule has 0 radical (unpaired) electrons. The number of aromatic nitrogens is 1. The van der Waals surface area contributed by atoms with Crippen LogP contribution >= 0.6 is 15.9 Å². The Labute approximate surface area is 128 Å². The molecule has 6 heteroatoms. The van der Waals surface area contributed by atoms with E-state index in [1.165, 1.54) is 6.20 Å². The first-order chi connectivity index (χ1) is 10.1. The zero-order chi connectivity index (χ0) is 14.8. The summed E-state index contributed by atoms with van der Waals surface area (Å²) >= 11 is 3.35. The van der Waals surface area contributed by atoms with Crippen molar-refractivity contribution in [2.45, 2.75) is 0 Å². The van der Waals surface area contributed by atoms with Crippen molar-refractivity contribution in [3.8, 4) is 11.5 Å². The third-order valence-corrected chi connectivity index (χ3v) is 3.41. The van der Waals surface area contributed by atoms with Gasteiger partial charge in [0.15, 0.2) is 0 Å². The molecule has 0 N–H and O–H groups in total. The molecule has 0 saturated carbocycles. The fourth-order valence-corrected chi connectivity index (χ4v) is 2.37. The van der Waals surface area contributed by atoms with Crippen LogP contribution in [0.4, 0.5) is 5.69 Å². The predicted octanol–water partition coefficient (Wildman–Crippen LogP) is 4.70. The second-order valence-corrected chi connectivity index (χ2v) is 5.22. The van der Waals surface area contributed by atoms with Crippen LogP contribution in [0.3, 0.4) is 0 Å². The Kier molecular flexibility index (Phi) is 3.53. The Morgan fingerprint density at radius 3 is 2.71 bits per heavy atom. The molecule has 0 aliphatic carbocycles. The normalized spacial score (nSPS) is 10.5. The molecule has 1 heterocycles. The Morgan fingerprint density at radius 2 is 1.95 bits per heavy atom. The molecule has 0 fully saturated rings. The zero-order valence-electron chi connectivity index (χ0n) is 10.7. The molecule has 0 aliphatic rings. The number of ether oxygens (including phenoxy) is 1. The molecule has 0 aliphatic heterocycles. The van der Waals surface area contributed by atoms with Crippen LogP contribution in [0.2, 0.25) is 0 Å². The number of hydrogen-bond acceptors (Lipinski definition) is 4. The number of nitrogens with zero attached hydrogens (tertiary/aromatic N) is 2. The highest BCUT2D eigenvalue weighted by atomic mass is 79.9. The average Bonchev–Trinajstić information content (AvgIpc) is 2.47. The topological polar surface area (TPSA) is 65.3 Å². The van der Waals surface area contributed by atoms with E-state index in [0.717, 1.165) is 4.47 Å². The van der Waals surface area contributed by atoms with Crippen LogP contribution in [0.15, 0.2) is 59.2 Å². The summed E-state index contributed by atoms with van der Waals surface area (Å²) in [7, 11) is 0. The van der Waals surface area contributed by atoms with Crippen molar-refractivity contribution in [2.24, 2.45) is 0 Å². The average molecular weight is 345 g/mol. The summed E-state index contributed by atoms with van der Waals surface area (Å²) in [6.45, 7) is 0. The van der Waals surface area contributed by atoms with Crippen LogP contribution < -0.4 is 4.74 Å². The lowest BCUT2D eigenvalue weighted by molar-refractivity contribution is -0.385. The highest BCUT2D eigenvalue weighted by Crippen LogP contribution is 2.37. The van der Waals surface area contributed by atoms with Crippen LogP contribution in [0, 0.1) is 10.1 Å². The van der Waals surface area contributed by atoms with Crippen molar-refractivity contribution in [3.05, 3.63) is 69.3 Å². The fourth-order valence-electron chi connectivity index (χ4n) is 1.99. The molecule has 3 rings (SSSR count). The molecule has 21 heavy (non-hydrogen) atoms. The van der Waals surface area contributed by atoms with Crippen LogP contribution in [-0.4, -0.2) is 9.91 Å². The molecule has 104 valence electrons. The van der Waals surface area contributed by atoms with Crippen molar-refractivity contribution < 1.29 is 9.66 Å². The molecular formula is C15H9BrN2O3. The Morgan fingerprint density at radius 1 is 1.14 bits per heavy atom. The summed E-state index contributed by atoms with van der Waals surface area (Å²) in [5, 5.41) is 11.8. The number of pyridine rings is 1. The van der Waals surface area contributed by atoms with Gasteiger partial charge in [0, 0.05) is 4.47 Å². The molecule has 2 aromatic carbocycles. The molecular weight excluding hydrogens is 336 g/mol. The maximum atomic E-state index is 11.2. The molecule has 0 bridgehead atoms. The maximum absolute atomic E-state index is 11.2. The van der Waals surface area contributed by atoms with Gasteiger partial charge in [-0.15, -0.1) is 0 Å². The predicted molar refractivity (Wildman–Crippen MR) is 82.6 cm³/mol. The number of halogens is 1. The molecule has 1 aromatic heterocycles. The number of rotatable bonds is 3. The van der Waals surface area contributed by atoms with E-state index >= 15 is 0 Å². The lowest BCUT2D eigenvalue weighted by Gasteiger charge is -2.09. The monoisotopic (exact) mass is 344 g/mol. The maximum Gasteiger partial charge on any atom is 0.330 e. The smallest absolute Gasteiger partial charge is 0.330 e. The molecule has 0 spiro atoms. The van der Waals surface area contributed by atoms with Crippen molar-refractivity contribution in [2.75, 3.05) is 0 Å².